The van der Waals surface area contributed by atoms with Gasteiger partial charge in [-0.15, -0.1) is 0 Å². The second kappa shape index (κ2) is 8.86. The van der Waals surface area contributed by atoms with Crippen molar-refractivity contribution in [2.24, 2.45) is 0 Å². The molecule has 2 aliphatic rings. The predicted octanol–water partition coefficient (Wildman–Crippen LogP) is 3.00. The first-order valence-corrected chi connectivity index (χ1v) is 11.0. The number of hydrogen-bond acceptors (Lipinski definition) is 7. The molecule has 2 aromatic heterocycles. The second-order valence-corrected chi connectivity index (χ2v) is 8.70. The molecule has 5 rings (SSSR count). The van der Waals surface area contributed by atoms with Gasteiger partial charge in [-0.05, 0) is 31.2 Å². The summed E-state index contributed by atoms with van der Waals surface area (Å²) < 4.78 is 16.9. The lowest BCUT2D eigenvalue weighted by atomic mass is 9.91. The van der Waals surface area contributed by atoms with Gasteiger partial charge in [0.05, 0.1) is 37.5 Å². The van der Waals surface area contributed by atoms with Gasteiger partial charge in [-0.2, -0.15) is 0 Å². The Morgan fingerprint density at radius 1 is 1.00 bits per heavy atom. The van der Waals surface area contributed by atoms with E-state index in [1.54, 1.807) is 0 Å². The minimum Gasteiger partial charge on any atom is -0.465 e. The highest BCUT2D eigenvalue weighted by molar-refractivity contribution is 5.46. The number of nitrogens with zero attached hydrogens (tertiary/aromatic N) is 3. The Morgan fingerprint density at radius 3 is 2.48 bits per heavy atom. The second-order valence-electron chi connectivity index (χ2n) is 8.70. The van der Waals surface area contributed by atoms with Crippen LogP contribution in [0.5, 0.6) is 0 Å². The van der Waals surface area contributed by atoms with E-state index in [2.05, 4.69) is 56.7 Å². The molecule has 164 valence electrons. The zero-order chi connectivity index (χ0) is 21.1. The molecule has 0 bridgehead atoms. The molecule has 3 aromatic rings. The maximum absolute atomic E-state index is 5.68. The standard InChI is InChI=1S/C24H30N4O3/c1-19-7-8-22(30-19)15-25-24(17-29-18-24)14-20-13-23(31-26-20)16-27-9-11-28(12-10-27)21-5-3-2-4-6-21/h2-8,13,25H,9-12,14-18H2,1H3. The molecule has 7 nitrogen and oxygen atoms in total. The fraction of sp³-hybridized carbons (Fsp3) is 0.458. The molecule has 0 saturated carbocycles. The van der Waals surface area contributed by atoms with Gasteiger partial charge in [0, 0.05) is 44.4 Å². The first kappa shape index (κ1) is 20.3. The molecule has 0 aliphatic carbocycles. The van der Waals surface area contributed by atoms with E-state index < -0.39 is 0 Å². The number of aromatic nitrogens is 1. The van der Waals surface area contributed by atoms with Crippen LogP contribution in [0.3, 0.4) is 0 Å². The monoisotopic (exact) mass is 422 g/mol. The summed E-state index contributed by atoms with van der Waals surface area (Å²) in [6.45, 7) is 8.91. The highest BCUT2D eigenvalue weighted by atomic mass is 16.5. The van der Waals surface area contributed by atoms with Gasteiger partial charge in [0.2, 0.25) is 0 Å². The van der Waals surface area contributed by atoms with Crippen LogP contribution >= 0.6 is 0 Å². The molecule has 0 radical (unpaired) electrons. The van der Waals surface area contributed by atoms with Crippen LogP contribution in [0, 0.1) is 6.92 Å². The SMILES string of the molecule is Cc1ccc(CNC2(Cc3cc(CN4CCN(c5ccccc5)CC4)on3)COC2)o1. The molecule has 0 unspecified atom stereocenters. The lowest BCUT2D eigenvalue weighted by Crippen LogP contribution is -2.61. The number of nitrogens with one attached hydrogen (secondary N) is 1. The van der Waals surface area contributed by atoms with Crippen molar-refractivity contribution in [3.8, 4) is 0 Å². The molecule has 7 heteroatoms. The van der Waals surface area contributed by atoms with Crippen molar-refractivity contribution in [2.45, 2.75) is 32.0 Å². The Hall–Kier alpha value is -2.61. The summed E-state index contributed by atoms with van der Waals surface area (Å²) in [4.78, 5) is 4.87. The van der Waals surface area contributed by atoms with Crippen LogP contribution in [-0.4, -0.2) is 55.0 Å². The van der Waals surface area contributed by atoms with Crippen LogP contribution in [0.1, 0.15) is 23.0 Å². The lowest BCUT2D eigenvalue weighted by Gasteiger charge is -2.41. The zero-order valence-corrected chi connectivity index (χ0v) is 18.0. The topological polar surface area (TPSA) is 66.9 Å². The number of piperazine rings is 1. The average Bonchev–Trinajstić information content (AvgIpc) is 3.39. The maximum atomic E-state index is 5.68. The number of rotatable bonds is 8. The van der Waals surface area contributed by atoms with E-state index in [4.69, 9.17) is 13.7 Å². The molecular weight excluding hydrogens is 392 g/mol. The maximum Gasteiger partial charge on any atom is 0.150 e. The minimum atomic E-state index is -0.101. The third-order valence-electron chi connectivity index (χ3n) is 6.19. The molecule has 1 N–H and O–H groups in total. The predicted molar refractivity (Wildman–Crippen MR) is 118 cm³/mol. The van der Waals surface area contributed by atoms with E-state index in [1.165, 1.54) is 5.69 Å². The largest absolute Gasteiger partial charge is 0.465 e. The fourth-order valence-electron chi connectivity index (χ4n) is 4.35. The number of furan rings is 1. The fourth-order valence-corrected chi connectivity index (χ4v) is 4.35. The third-order valence-corrected chi connectivity index (χ3v) is 6.19. The number of anilines is 1. The Bertz CT molecular complexity index is 972. The molecular formula is C24H30N4O3. The molecule has 1 aromatic carbocycles. The van der Waals surface area contributed by atoms with Crippen molar-refractivity contribution >= 4 is 5.69 Å². The highest BCUT2D eigenvalue weighted by Gasteiger charge is 2.39. The summed E-state index contributed by atoms with van der Waals surface area (Å²) in [6, 6.07) is 16.7. The van der Waals surface area contributed by atoms with Crippen LogP contribution in [0.4, 0.5) is 5.69 Å². The van der Waals surface area contributed by atoms with Crippen molar-refractivity contribution in [3.63, 3.8) is 0 Å². The van der Waals surface area contributed by atoms with Gasteiger partial charge in [0.15, 0.2) is 5.76 Å². The molecule has 31 heavy (non-hydrogen) atoms. The highest BCUT2D eigenvalue weighted by Crippen LogP contribution is 2.24. The summed E-state index contributed by atoms with van der Waals surface area (Å²) in [5, 5.41) is 7.94. The molecule has 2 aliphatic heterocycles. The van der Waals surface area contributed by atoms with Crippen molar-refractivity contribution in [3.05, 3.63) is 71.5 Å². The Balaban J connectivity index is 1.12. The summed E-state index contributed by atoms with van der Waals surface area (Å²) in [6.07, 6.45) is 0.790. The zero-order valence-electron chi connectivity index (χ0n) is 18.0. The molecule has 0 amide bonds. The number of benzene rings is 1. The summed E-state index contributed by atoms with van der Waals surface area (Å²) >= 11 is 0. The quantitative estimate of drug-likeness (QED) is 0.599. The number of hydrogen-bond donors (Lipinski definition) is 1. The van der Waals surface area contributed by atoms with E-state index in [9.17, 15) is 0 Å². The number of para-hydroxylation sites is 1. The number of ether oxygens (including phenoxy) is 1. The third kappa shape index (κ3) is 4.84. The van der Waals surface area contributed by atoms with Gasteiger partial charge in [0.25, 0.3) is 0 Å². The van der Waals surface area contributed by atoms with Gasteiger partial charge >= 0.3 is 0 Å². The first-order valence-electron chi connectivity index (χ1n) is 11.0. The smallest absolute Gasteiger partial charge is 0.150 e. The van der Waals surface area contributed by atoms with Crippen molar-refractivity contribution in [1.82, 2.24) is 15.4 Å². The molecule has 0 spiro atoms. The van der Waals surface area contributed by atoms with E-state index in [0.717, 1.165) is 62.1 Å². The molecule has 4 heterocycles. The summed E-state index contributed by atoms with van der Waals surface area (Å²) in [7, 11) is 0. The van der Waals surface area contributed by atoms with Crippen molar-refractivity contribution < 1.29 is 13.7 Å². The van der Waals surface area contributed by atoms with Crippen LogP contribution in [0.15, 0.2) is 57.5 Å². The molecule has 2 fully saturated rings. The van der Waals surface area contributed by atoms with Gasteiger partial charge in [-0.25, -0.2) is 0 Å². The van der Waals surface area contributed by atoms with E-state index in [-0.39, 0.29) is 5.54 Å². The minimum absolute atomic E-state index is 0.101. The summed E-state index contributed by atoms with van der Waals surface area (Å²) in [5.74, 6) is 2.81. The van der Waals surface area contributed by atoms with Gasteiger partial charge in [-0.1, -0.05) is 23.4 Å². The van der Waals surface area contributed by atoms with Gasteiger partial charge < -0.3 is 18.6 Å². The van der Waals surface area contributed by atoms with Gasteiger partial charge in [0.1, 0.15) is 11.5 Å². The first-order chi connectivity index (χ1) is 15.2. The van der Waals surface area contributed by atoms with Gasteiger partial charge in [-0.3, -0.25) is 10.2 Å². The molecule has 0 atom stereocenters. The van der Waals surface area contributed by atoms with Crippen LogP contribution < -0.4 is 10.2 Å². The van der Waals surface area contributed by atoms with Crippen LogP contribution in [0.2, 0.25) is 0 Å². The van der Waals surface area contributed by atoms with Crippen LogP contribution in [0.25, 0.3) is 0 Å². The average molecular weight is 423 g/mol. The molecule has 2 saturated heterocycles. The van der Waals surface area contributed by atoms with Crippen molar-refractivity contribution in [2.75, 3.05) is 44.3 Å². The van der Waals surface area contributed by atoms with Crippen molar-refractivity contribution in [1.29, 1.82) is 0 Å². The lowest BCUT2D eigenvalue weighted by molar-refractivity contribution is -0.0762. The summed E-state index contributed by atoms with van der Waals surface area (Å²) in [5.41, 5.74) is 2.18. The van der Waals surface area contributed by atoms with E-state index >= 15 is 0 Å². The Kier molecular flexibility index (Phi) is 5.80. The van der Waals surface area contributed by atoms with Crippen LogP contribution in [-0.2, 0) is 24.2 Å². The Morgan fingerprint density at radius 2 is 1.81 bits per heavy atom. The normalized spacial score (nSPS) is 18.8. The Labute approximate surface area is 182 Å². The van der Waals surface area contributed by atoms with E-state index in [1.807, 2.05) is 19.1 Å². The number of aryl methyl sites for hydroxylation is 1. The van der Waals surface area contributed by atoms with E-state index in [0.29, 0.717) is 19.8 Å².